The number of aryl methyl sites for hydroxylation is 1. The highest BCUT2D eigenvalue weighted by Gasteiger charge is 2.36. The number of ether oxygens (including phenoxy) is 2. The Kier molecular flexibility index (Phi) is 7.78. The van der Waals surface area contributed by atoms with Crippen LogP contribution < -0.4 is 9.47 Å². The standard InChI is InChI=1S/C27H23ClFNO4S/c1-3-33-24-13-18(10-11-23(24)34-16-19-7-4-6-17(2)12-19)14-25-26(31)30(27(32)35-25)15-20-21(28)8-5-9-22(20)29/h4-14H,3,15-16H2,1-2H3. The van der Waals surface area contributed by atoms with Crippen molar-refractivity contribution in [2.75, 3.05) is 6.61 Å². The van der Waals surface area contributed by atoms with E-state index in [-0.39, 0.29) is 22.0 Å². The van der Waals surface area contributed by atoms with E-state index in [2.05, 4.69) is 6.07 Å². The van der Waals surface area contributed by atoms with Gasteiger partial charge in [0.2, 0.25) is 0 Å². The van der Waals surface area contributed by atoms with Crippen LogP contribution in [0, 0.1) is 12.7 Å². The first kappa shape index (κ1) is 24.8. The summed E-state index contributed by atoms with van der Waals surface area (Å²) in [7, 11) is 0. The molecule has 3 aromatic carbocycles. The van der Waals surface area contributed by atoms with Crippen LogP contribution in [0.15, 0.2) is 65.6 Å². The Morgan fingerprint density at radius 2 is 1.83 bits per heavy atom. The van der Waals surface area contributed by atoms with Crippen LogP contribution >= 0.6 is 23.4 Å². The lowest BCUT2D eigenvalue weighted by Crippen LogP contribution is -2.28. The maximum absolute atomic E-state index is 14.2. The fourth-order valence-corrected chi connectivity index (χ4v) is 4.66. The number of carbonyl (C=O) groups is 2. The van der Waals surface area contributed by atoms with E-state index in [1.165, 1.54) is 18.2 Å². The van der Waals surface area contributed by atoms with Gasteiger partial charge in [0, 0.05) is 10.6 Å². The SMILES string of the molecule is CCOc1cc(C=C2SC(=O)N(Cc3c(F)cccc3Cl)C2=O)ccc1OCc1cccc(C)c1. The van der Waals surface area contributed by atoms with Crippen molar-refractivity contribution in [3.8, 4) is 11.5 Å². The van der Waals surface area contributed by atoms with Crippen LogP contribution in [0.1, 0.15) is 29.2 Å². The van der Waals surface area contributed by atoms with Crippen LogP contribution in [0.2, 0.25) is 5.02 Å². The highest BCUT2D eigenvalue weighted by molar-refractivity contribution is 8.18. The van der Waals surface area contributed by atoms with E-state index in [1.54, 1.807) is 24.3 Å². The maximum atomic E-state index is 14.2. The number of rotatable bonds is 8. The molecule has 5 nitrogen and oxygen atoms in total. The number of nitrogens with zero attached hydrogens (tertiary/aromatic N) is 1. The number of imide groups is 1. The molecule has 0 saturated carbocycles. The van der Waals surface area contributed by atoms with E-state index in [4.69, 9.17) is 21.1 Å². The topological polar surface area (TPSA) is 55.8 Å². The molecule has 1 aliphatic heterocycles. The van der Waals surface area contributed by atoms with Gasteiger partial charge in [0.25, 0.3) is 11.1 Å². The number of halogens is 2. The molecule has 1 heterocycles. The minimum absolute atomic E-state index is 0.103. The number of hydrogen-bond acceptors (Lipinski definition) is 5. The van der Waals surface area contributed by atoms with Crippen molar-refractivity contribution in [3.63, 3.8) is 0 Å². The number of amides is 2. The van der Waals surface area contributed by atoms with Crippen molar-refractivity contribution in [3.05, 3.63) is 98.7 Å². The zero-order chi connectivity index (χ0) is 24.9. The van der Waals surface area contributed by atoms with Crippen molar-refractivity contribution in [2.24, 2.45) is 0 Å². The van der Waals surface area contributed by atoms with Gasteiger partial charge in [0.05, 0.1) is 18.1 Å². The zero-order valence-electron chi connectivity index (χ0n) is 19.2. The lowest BCUT2D eigenvalue weighted by atomic mass is 10.1. The van der Waals surface area contributed by atoms with Crippen LogP contribution in [-0.2, 0) is 17.9 Å². The molecule has 8 heteroatoms. The molecular formula is C27H23ClFNO4S. The lowest BCUT2D eigenvalue weighted by Gasteiger charge is -2.14. The van der Waals surface area contributed by atoms with Crippen LogP contribution in [-0.4, -0.2) is 22.7 Å². The lowest BCUT2D eigenvalue weighted by molar-refractivity contribution is -0.123. The second-order valence-corrected chi connectivity index (χ2v) is 9.29. The van der Waals surface area contributed by atoms with E-state index < -0.39 is 17.0 Å². The van der Waals surface area contributed by atoms with Crippen LogP contribution in [0.4, 0.5) is 9.18 Å². The summed E-state index contributed by atoms with van der Waals surface area (Å²) < 4.78 is 25.9. The summed E-state index contributed by atoms with van der Waals surface area (Å²) in [4.78, 5) is 26.6. The van der Waals surface area contributed by atoms with Crippen molar-refractivity contribution in [1.29, 1.82) is 0 Å². The second-order valence-electron chi connectivity index (χ2n) is 7.88. The van der Waals surface area contributed by atoms with Crippen LogP contribution in [0.25, 0.3) is 6.08 Å². The van der Waals surface area contributed by atoms with Gasteiger partial charge >= 0.3 is 0 Å². The Hall–Kier alpha value is -3.29. The Morgan fingerprint density at radius 3 is 2.57 bits per heavy atom. The number of thioether (sulfide) groups is 1. The first-order chi connectivity index (χ1) is 16.9. The van der Waals surface area contributed by atoms with Gasteiger partial charge in [0.15, 0.2) is 11.5 Å². The summed E-state index contributed by atoms with van der Waals surface area (Å²) in [6.45, 7) is 4.49. The molecule has 1 fully saturated rings. The molecule has 0 unspecified atom stereocenters. The molecule has 1 saturated heterocycles. The summed E-state index contributed by atoms with van der Waals surface area (Å²) in [6, 6.07) is 17.6. The second kappa shape index (κ2) is 11.0. The molecule has 0 bridgehead atoms. The van der Waals surface area contributed by atoms with Crippen molar-refractivity contribution in [1.82, 2.24) is 4.90 Å². The third-order valence-electron chi connectivity index (χ3n) is 5.29. The summed E-state index contributed by atoms with van der Waals surface area (Å²) in [5.41, 5.74) is 2.97. The molecule has 3 aromatic rings. The molecule has 0 spiro atoms. The Morgan fingerprint density at radius 1 is 1.03 bits per heavy atom. The summed E-state index contributed by atoms with van der Waals surface area (Å²) >= 11 is 6.87. The molecule has 0 atom stereocenters. The van der Waals surface area contributed by atoms with Crippen LogP contribution in [0.3, 0.4) is 0 Å². The summed E-state index contributed by atoms with van der Waals surface area (Å²) in [6.07, 6.45) is 1.61. The largest absolute Gasteiger partial charge is 0.490 e. The number of carbonyl (C=O) groups excluding carboxylic acids is 2. The molecule has 2 amide bonds. The van der Waals surface area contributed by atoms with Gasteiger partial charge in [-0.05, 0) is 67.1 Å². The predicted molar refractivity (Wildman–Crippen MR) is 136 cm³/mol. The van der Waals surface area contributed by atoms with E-state index in [0.29, 0.717) is 30.3 Å². The first-order valence-corrected chi connectivity index (χ1v) is 12.2. The molecule has 180 valence electrons. The van der Waals surface area contributed by atoms with E-state index in [9.17, 15) is 14.0 Å². The van der Waals surface area contributed by atoms with Crippen molar-refractivity contribution >= 4 is 40.6 Å². The molecule has 1 aliphatic rings. The minimum atomic E-state index is -0.567. The smallest absolute Gasteiger partial charge is 0.293 e. The van der Waals surface area contributed by atoms with Crippen molar-refractivity contribution < 1.29 is 23.5 Å². The van der Waals surface area contributed by atoms with E-state index in [1.807, 2.05) is 32.0 Å². The minimum Gasteiger partial charge on any atom is -0.490 e. The highest BCUT2D eigenvalue weighted by atomic mass is 35.5. The van der Waals surface area contributed by atoms with Gasteiger partial charge in [-0.15, -0.1) is 0 Å². The van der Waals surface area contributed by atoms with Crippen molar-refractivity contribution in [2.45, 2.75) is 27.0 Å². The van der Waals surface area contributed by atoms with Crippen LogP contribution in [0.5, 0.6) is 11.5 Å². The van der Waals surface area contributed by atoms with E-state index in [0.717, 1.165) is 27.8 Å². The first-order valence-electron chi connectivity index (χ1n) is 11.0. The van der Waals surface area contributed by atoms with E-state index >= 15 is 0 Å². The highest BCUT2D eigenvalue weighted by Crippen LogP contribution is 2.36. The zero-order valence-corrected chi connectivity index (χ0v) is 20.8. The van der Waals surface area contributed by atoms with Gasteiger partial charge < -0.3 is 9.47 Å². The maximum Gasteiger partial charge on any atom is 0.293 e. The Balaban J connectivity index is 1.53. The van der Waals surface area contributed by atoms with Gasteiger partial charge in [-0.3, -0.25) is 14.5 Å². The third kappa shape index (κ3) is 5.86. The number of hydrogen-bond donors (Lipinski definition) is 0. The fourth-order valence-electron chi connectivity index (χ4n) is 3.59. The summed E-state index contributed by atoms with van der Waals surface area (Å²) in [5, 5.41) is -0.320. The molecule has 0 aliphatic carbocycles. The predicted octanol–water partition coefficient (Wildman–Crippen LogP) is 7.00. The molecule has 35 heavy (non-hydrogen) atoms. The normalized spacial score (nSPS) is 14.6. The average Bonchev–Trinajstić information content (AvgIpc) is 3.08. The average molecular weight is 512 g/mol. The molecule has 4 rings (SSSR count). The molecule has 0 aromatic heterocycles. The molecular weight excluding hydrogens is 489 g/mol. The van der Waals surface area contributed by atoms with Gasteiger partial charge in [0.1, 0.15) is 12.4 Å². The van der Waals surface area contributed by atoms with Gasteiger partial charge in [-0.2, -0.15) is 0 Å². The molecule has 0 N–H and O–H groups in total. The quantitative estimate of drug-likeness (QED) is 0.305. The fraction of sp³-hybridized carbons (Fsp3) is 0.185. The Bertz CT molecular complexity index is 1290. The van der Waals surface area contributed by atoms with Gasteiger partial charge in [-0.1, -0.05) is 53.6 Å². The third-order valence-corrected chi connectivity index (χ3v) is 6.56. The molecule has 0 radical (unpaired) electrons. The monoisotopic (exact) mass is 511 g/mol. The van der Waals surface area contributed by atoms with Gasteiger partial charge in [-0.25, -0.2) is 4.39 Å². The Labute approximate surface area is 212 Å². The summed E-state index contributed by atoms with van der Waals surface area (Å²) in [5.74, 6) is 0.0410. The number of benzene rings is 3.